The minimum absolute atomic E-state index is 0.0335. The normalized spacial score (nSPS) is 11.6. The summed E-state index contributed by atoms with van der Waals surface area (Å²) in [6.45, 7) is 6.68. The summed E-state index contributed by atoms with van der Waals surface area (Å²) in [4.78, 5) is 34.8. The fraction of sp³-hybridized carbons (Fsp3) is 0.273. The number of hydrogen-bond donors (Lipinski definition) is 0. The molecule has 29 heavy (non-hydrogen) atoms. The van der Waals surface area contributed by atoms with Crippen molar-refractivity contribution in [2.75, 3.05) is 0 Å². The minimum Gasteiger partial charge on any atom is -0.287 e. The lowest BCUT2D eigenvalue weighted by Gasteiger charge is -2.15. The van der Waals surface area contributed by atoms with Crippen molar-refractivity contribution >= 4 is 28.3 Å². The van der Waals surface area contributed by atoms with E-state index in [1.165, 1.54) is 11.8 Å². The van der Waals surface area contributed by atoms with Crippen molar-refractivity contribution in [2.24, 2.45) is 5.92 Å². The third kappa shape index (κ3) is 3.96. The molecule has 7 heteroatoms. The Bertz CT molecular complexity index is 1320. The van der Waals surface area contributed by atoms with Crippen molar-refractivity contribution in [2.45, 2.75) is 38.2 Å². The van der Waals surface area contributed by atoms with E-state index >= 15 is 0 Å². The number of pyridine rings is 1. The van der Waals surface area contributed by atoms with E-state index < -0.39 is 0 Å². The minimum atomic E-state index is -0.111. The van der Waals surface area contributed by atoms with Gasteiger partial charge in [0.2, 0.25) is 0 Å². The van der Waals surface area contributed by atoms with Crippen LogP contribution in [0.25, 0.3) is 16.6 Å². The van der Waals surface area contributed by atoms with Crippen molar-refractivity contribution in [3.05, 3.63) is 80.6 Å². The Morgan fingerprint density at radius 2 is 1.86 bits per heavy atom. The Labute approximate surface area is 172 Å². The van der Waals surface area contributed by atoms with Gasteiger partial charge in [0.05, 0.1) is 16.6 Å². The van der Waals surface area contributed by atoms with Crippen LogP contribution in [0.3, 0.4) is 0 Å². The van der Waals surface area contributed by atoms with Gasteiger partial charge in [0.1, 0.15) is 5.65 Å². The second-order valence-corrected chi connectivity index (χ2v) is 8.47. The first kappa shape index (κ1) is 19.4. The highest BCUT2D eigenvalue weighted by atomic mass is 32.2. The van der Waals surface area contributed by atoms with Crippen molar-refractivity contribution < 1.29 is 0 Å². The van der Waals surface area contributed by atoms with E-state index in [1.54, 1.807) is 21.2 Å². The molecule has 0 saturated heterocycles. The topological polar surface area (TPSA) is 69.3 Å². The Balaban J connectivity index is 1.72. The average Bonchev–Trinajstić information content (AvgIpc) is 2.69. The molecule has 3 heterocycles. The van der Waals surface area contributed by atoms with Gasteiger partial charge in [0.25, 0.3) is 11.1 Å². The predicted octanol–water partition coefficient (Wildman–Crippen LogP) is 3.66. The van der Waals surface area contributed by atoms with Crippen LogP contribution in [-0.4, -0.2) is 18.9 Å². The Morgan fingerprint density at radius 1 is 1.07 bits per heavy atom. The van der Waals surface area contributed by atoms with E-state index in [-0.39, 0.29) is 11.1 Å². The SMILES string of the molecule is Cc1ccc2nc(CSc3nc4ccccc4c(=O)n3CC(C)C)cc(=O)n2c1. The number of para-hydroxylation sites is 1. The summed E-state index contributed by atoms with van der Waals surface area (Å²) in [5.74, 6) is 0.768. The van der Waals surface area contributed by atoms with E-state index in [2.05, 4.69) is 18.8 Å². The van der Waals surface area contributed by atoms with Crippen LogP contribution in [0, 0.1) is 12.8 Å². The van der Waals surface area contributed by atoms with Crippen LogP contribution in [0.2, 0.25) is 0 Å². The van der Waals surface area contributed by atoms with Crippen molar-refractivity contribution in [3.63, 3.8) is 0 Å². The fourth-order valence-electron chi connectivity index (χ4n) is 3.25. The molecule has 0 aliphatic rings. The van der Waals surface area contributed by atoms with E-state index in [0.29, 0.717) is 45.6 Å². The summed E-state index contributed by atoms with van der Waals surface area (Å²) < 4.78 is 3.28. The van der Waals surface area contributed by atoms with Gasteiger partial charge in [-0.15, -0.1) is 0 Å². The monoisotopic (exact) mass is 406 g/mol. The maximum absolute atomic E-state index is 13.0. The van der Waals surface area contributed by atoms with Gasteiger partial charge in [0, 0.05) is 24.6 Å². The van der Waals surface area contributed by atoms with E-state index in [0.717, 1.165) is 5.56 Å². The number of thioether (sulfide) groups is 1. The van der Waals surface area contributed by atoms with Gasteiger partial charge in [-0.05, 0) is 36.6 Å². The van der Waals surface area contributed by atoms with Gasteiger partial charge in [-0.25, -0.2) is 9.97 Å². The molecular formula is C22H22N4O2S. The molecule has 4 aromatic rings. The van der Waals surface area contributed by atoms with Gasteiger partial charge in [-0.1, -0.05) is 43.8 Å². The highest BCUT2D eigenvalue weighted by Gasteiger charge is 2.13. The lowest BCUT2D eigenvalue weighted by atomic mass is 10.2. The number of aromatic nitrogens is 4. The average molecular weight is 407 g/mol. The zero-order valence-corrected chi connectivity index (χ0v) is 17.4. The lowest BCUT2D eigenvalue weighted by molar-refractivity contribution is 0.475. The number of hydrogen-bond acceptors (Lipinski definition) is 5. The molecule has 0 unspecified atom stereocenters. The third-order valence-corrected chi connectivity index (χ3v) is 5.59. The highest BCUT2D eigenvalue weighted by molar-refractivity contribution is 7.98. The molecule has 0 aliphatic heterocycles. The summed E-state index contributed by atoms with van der Waals surface area (Å²) in [5.41, 5.74) is 2.82. The molecule has 1 aromatic carbocycles. The first-order chi connectivity index (χ1) is 13.9. The molecule has 3 aromatic heterocycles. The van der Waals surface area contributed by atoms with Crippen LogP contribution in [0.5, 0.6) is 0 Å². The summed E-state index contributed by atoms with van der Waals surface area (Å²) in [6, 6.07) is 12.7. The molecule has 148 valence electrons. The summed E-state index contributed by atoms with van der Waals surface area (Å²) >= 11 is 1.43. The van der Waals surface area contributed by atoms with Gasteiger partial charge in [-0.3, -0.25) is 18.6 Å². The second-order valence-electron chi connectivity index (χ2n) is 7.53. The summed E-state index contributed by atoms with van der Waals surface area (Å²) in [7, 11) is 0. The molecule has 0 spiro atoms. The summed E-state index contributed by atoms with van der Waals surface area (Å²) in [6.07, 6.45) is 1.78. The molecule has 0 fully saturated rings. The third-order valence-electron chi connectivity index (χ3n) is 4.58. The zero-order valence-electron chi connectivity index (χ0n) is 16.6. The van der Waals surface area contributed by atoms with Crippen LogP contribution in [-0.2, 0) is 12.3 Å². The van der Waals surface area contributed by atoms with Crippen molar-refractivity contribution in [1.82, 2.24) is 18.9 Å². The molecule has 0 atom stereocenters. The Morgan fingerprint density at radius 3 is 2.66 bits per heavy atom. The van der Waals surface area contributed by atoms with Crippen LogP contribution < -0.4 is 11.1 Å². The maximum atomic E-state index is 13.0. The molecule has 0 bridgehead atoms. The van der Waals surface area contributed by atoms with Crippen LogP contribution in [0.4, 0.5) is 0 Å². The Hall–Kier alpha value is -2.93. The standard InChI is InChI=1S/C22H22N4O2S/c1-14(2)11-26-21(28)17-6-4-5-7-18(17)24-22(26)29-13-16-10-20(27)25-12-15(3)8-9-19(25)23-16/h4-10,12,14H,11,13H2,1-3H3. The number of nitrogens with zero attached hydrogens (tertiary/aromatic N) is 4. The van der Waals surface area contributed by atoms with E-state index in [9.17, 15) is 9.59 Å². The molecule has 0 aliphatic carbocycles. The van der Waals surface area contributed by atoms with Gasteiger partial charge < -0.3 is 0 Å². The summed E-state index contributed by atoms with van der Waals surface area (Å²) in [5, 5.41) is 1.27. The first-order valence-corrected chi connectivity index (χ1v) is 10.5. The number of aryl methyl sites for hydroxylation is 1. The van der Waals surface area contributed by atoms with Crippen LogP contribution >= 0.6 is 11.8 Å². The number of fused-ring (bicyclic) bond motifs is 2. The lowest BCUT2D eigenvalue weighted by Crippen LogP contribution is -2.25. The van der Waals surface area contributed by atoms with Gasteiger partial charge in [0.15, 0.2) is 5.16 Å². The van der Waals surface area contributed by atoms with Gasteiger partial charge in [-0.2, -0.15) is 0 Å². The van der Waals surface area contributed by atoms with Crippen LogP contribution in [0.1, 0.15) is 25.1 Å². The van der Waals surface area contributed by atoms with Crippen molar-refractivity contribution in [3.8, 4) is 0 Å². The smallest absolute Gasteiger partial charge is 0.262 e. The molecular weight excluding hydrogens is 384 g/mol. The van der Waals surface area contributed by atoms with Crippen LogP contribution in [0.15, 0.2) is 63.4 Å². The molecule has 0 N–H and O–H groups in total. The van der Waals surface area contributed by atoms with Crippen molar-refractivity contribution in [1.29, 1.82) is 0 Å². The molecule has 6 nitrogen and oxygen atoms in total. The molecule has 0 radical (unpaired) electrons. The number of benzene rings is 1. The molecule has 0 amide bonds. The zero-order chi connectivity index (χ0) is 20.5. The molecule has 4 rings (SSSR count). The maximum Gasteiger partial charge on any atom is 0.262 e. The first-order valence-electron chi connectivity index (χ1n) is 9.53. The highest BCUT2D eigenvalue weighted by Crippen LogP contribution is 2.22. The van der Waals surface area contributed by atoms with E-state index in [1.807, 2.05) is 43.3 Å². The largest absolute Gasteiger partial charge is 0.287 e. The van der Waals surface area contributed by atoms with Gasteiger partial charge >= 0.3 is 0 Å². The fourth-order valence-corrected chi connectivity index (χ4v) is 4.16. The number of rotatable bonds is 5. The second kappa shape index (κ2) is 7.83. The molecule has 0 saturated carbocycles. The Kier molecular flexibility index (Phi) is 5.24. The van der Waals surface area contributed by atoms with E-state index in [4.69, 9.17) is 4.98 Å². The quantitative estimate of drug-likeness (QED) is 0.374. The predicted molar refractivity (Wildman–Crippen MR) is 117 cm³/mol.